The van der Waals surface area contributed by atoms with Crippen LogP contribution in [-0.2, 0) is 20.8 Å². The van der Waals surface area contributed by atoms with Crippen molar-refractivity contribution >= 4 is 16.9 Å². The fourth-order valence-corrected chi connectivity index (χ4v) is 2.64. The highest BCUT2D eigenvalue weighted by Crippen LogP contribution is 2.17. The molecule has 0 saturated heterocycles. The maximum Gasteiger partial charge on any atom is 0.350 e. The highest BCUT2D eigenvalue weighted by molar-refractivity contribution is 5.93. The Morgan fingerprint density at radius 2 is 2.11 bits per heavy atom. The van der Waals surface area contributed by atoms with Crippen LogP contribution < -0.4 is 5.32 Å². The van der Waals surface area contributed by atoms with Gasteiger partial charge in [-0.2, -0.15) is 5.26 Å². The zero-order chi connectivity index (χ0) is 19.6. The molecule has 0 spiro atoms. The summed E-state index contributed by atoms with van der Waals surface area (Å²) in [6, 6.07) is 11.9. The molecular weight excluding hydrogens is 342 g/mol. The number of esters is 1. The van der Waals surface area contributed by atoms with Crippen molar-refractivity contribution in [3.63, 3.8) is 0 Å². The fraction of sp³-hybridized carbons (Fsp3) is 0.381. The number of nitrogens with zero attached hydrogens (tertiary/aromatic N) is 2. The Hall–Kier alpha value is -2.91. The van der Waals surface area contributed by atoms with Crippen molar-refractivity contribution in [2.24, 2.45) is 5.92 Å². The maximum atomic E-state index is 12.3. The summed E-state index contributed by atoms with van der Waals surface area (Å²) < 4.78 is 10.3. The van der Waals surface area contributed by atoms with E-state index in [2.05, 4.69) is 10.3 Å². The molecule has 6 nitrogen and oxygen atoms in total. The van der Waals surface area contributed by atoms with Gasteiger partial charge < -0.3 is 14.8 Å². The van der Waals surface area contributed by atoms with Gasteiger partial charge in [-0.25, -0.2) is 4.79 Å². The van der Waals surface area contributed by atoms with Crippen molar-refractivity contribution < 1.29 is 14.3 Å². The van der Waals surface area contributed by atoms with Crippen molar-refractivity contribution in [3.8, 4) is 6.07 Å². The molecule has 1 aromatic carbocycles. The van der Waals surface area contributed by atoms with Crippen molar-refractivity contribution in [1.29, 1.82) is 5.26 Å². The predicted octanol–water partition coefficient (Wildman–Crippen LogP) is 3.34. The monoisotopic (exact) mass is 367 g/mol. The van der Waals surface area contributed by atoms with E-state index in [0.717, 1.165) is 16.5 Å². The minimum absolute atomic E-state index is 0.00366. The lowest BCUT2D eigenvalue weighted by molar-refractivity contribution is -0.140. The second-order valence-electron chi connectivity index (χ2n) is 6.27. The van der Waals surface area contributed by atoms with Gasteiger partial charge in [-0.05, 0) is 36.6 Å². The molecule has 2 rings (SSSR count). The molecule has 0 aliphatic heterocycles. The Morgan fingerprint density at radius 1 is 1.30 bits per heavy atom. The first kappa shape index (κ1) is 20.4. The molecule has 0 bridgehead atoms. The average molecular weight is 367 g/mol. The van der Waals surface area contributed by atoms with Crippen molar-refractivity contribution in [2.45, 2.75) is 27.3 Å². The van der Waals surface area contributed by atoms with Crippen LogP contribution in [0.25, 0.3) is 10.9 Å². The first-order valence-corrected chi connectivity index (χ1v) is 9.03. The highest BCUT2D eigenvalue weighted by Gasteiger charge is 2.19. The number of carbonyl (C=O) groups excluding carboxylic acids is 1. The van der Waals surface area contributed by atoms with E-state index in [1.54, 1.807) is 6.20 Å². The number of aromatic nitrogens is 1. The predicted molar refractivity (Wildman–Crippen MR) is 104 cm³/mol. The molecule has 0 radical (unpaired) electrons. The minimum Gasteiger partial charge on any atom is -0.459 e. The zero-order valence-corrected chi connectivity index (χ0v) is 16.0. The maximum absolute atomic E-state index is 12.3. The number of ether oxygens (including phenoxy) is 2. The lowest BCUT2D eigenvalue weighted by Crippen LogP contribution is -2.23. The number of nitriles is 1. The van der Waals surface area contributed by atoms with Crippen molar-refractivity contribution in [3.05, 3.63) is 53.4 Å². The van der Waals surface area contributed by atoms with E-state index in [0.29, 0.717) is 25.5 Å². The summed E-state index contributed by atoms with van der Waals surface area (Å²) >= 11 is 0. The molecule has 1 N–H and O–H groups in total. The molecule has 0 amide bonds. The quantitative estimate of drug-likeness (QED) is 0.317. The molecule has 0 aliphatic rings. The van der Waals surface area contributed by atoms with Crippen LogP contribution in [-0.4, -0.2) is 30.8 Å². The molecule has 2 aromatic rings. The van der Waals surface area contributed by atoms with E-state index in [1.165, 1.54) is 0 Å². The van der Waals surface area contributed by atoms with Crippen LogP contribution in [0.2, 0.25) is 0 Å². The van der Waals surface area contributed by atoms with Gasteiger partial charge in [0.2, 0.25) is 0 Å². The third-order valence-electron chi connectivity index (χ3n) is 3.98. The van der Waals surface area contributed by atoms with E-state index >= 15 is 0 Å². The van der Waals surface area contributed by atoms with Crippen LogP contribution in [0, 0.1) is 17.2 Å². The molecule has 1 aromatic heterocycles. The third-order valence-corrected chi connectivity index (χ3v) is 3.98. The molecule has 6 heteroatoms. The van der Waals surface area contributed by atoms with Crippen molar-refractivity contribution in [1.82, 2.24) is 10.3 Å². The number of pyridine rings is 1. The number of fused-ring (bicyclic) bond motifs is 1. The van der Waals surface area contributed by atoms with Gasteiger partial charge in [0.25, 0.3) is 0 Å². The summed E-state index contributed by atoms with van der Waals surface area (Å²) in [5.74, 6) is -0.655. The van der Waals surface area contributed by atoms with Crippen LogP contribution in [0.1, 0.15) is 26.3 Å². The topological polar surface area (TPSA) is 84.2 Å². The van der Waals surface area contributed by atoms with Crippen molar-refractivity contribution in [2.75, 3.05) is 19.8 Å². The number of allylic oxidation sites excluding steroid dienone is 1. The van der Waals surface area contributed by atoms with Gasteiger partial charge in [0.05, 0.1) is 12.1 Å². The van der Waals surface area contributed by atoms with Crippen LogP contribution in [0.15, 0.2) is 47.8 Å². The van der Waals surface area contributed by atoms with Crippen LogP contribution in [0.4, 0.5) is 0 Å². The second kappa shape index (κ2) is 10.3. The van der Waals surface area contributed by atoms with Gasteiger partial charge in [0.15, 0.2) is 5.57 Å². The van der Waals surface area contributed by atoms with Gasteiger partial charge in [-0.1, -0.05) is 26.0 Å². The highest BCUT2D eigenvalue weighted by atomic mass is 16.6. The van der Waals surface area contributed by atoms with E-state index in [4.69, 9.17) is 9.47 Å². The van der Waals surface area contributed by atoms with E-state index in [-0.39, 0.29) is 18.1 Å². The zero-order valence-electron chi connectivity index (χ0n) is 16.0. The number of carbonyl (C=O) groups is 1. The molecule has 27 heavy (non-hydrogen) atoms. The summed E-state index contributed by atoms with van der Waals surface area (Å²) in [5, 5.41) is 13.8. The molecule has 0 fully saturated rings. The summed E-state index contributed by atoms with van der Waals surface area (Å²) in [6.45, 7) is 7.22. The summed E-state index contributed by atoms with van der Waals surface area (Å²) in [5.41, 5.74) is 2.54. The largest absolute Gasteiger partial charge is 0.459 e. The van der Waals surface area contributed by atoms with Gasteiger partial charge in [-0.15, -0.1) is 0 Å². The summed E-state index contributed by atoms with van der Waals surface area (Å²) in [4.78, 5) is 16.6. The van der Waals surface area contributed by atoms with E-state index < -0.39 is 5.97 Å². The van der Waals surface area contributed by atoms with Gasteiger partial charge >= 0.3 is 5.97 Å². The standard InChI is InChI=1S/C21H25N3O3/c1-4-26-10-11-27-21(25)18(13-22)20(15(2)3)24-14-16-7-8-19-17(12-16)6-5-9-23-19/h5-9,12,15,24H,4,10-11,14H2,1-3H3/b20-18-. The molecule has 0 unspecified atom stereocenters. The summed E-state index contributed by atoms with van der Waals surface area (Å²) in [6.07, 6.45) is 1.76. The number of hydrogen-bond donors (Lipinski definition) is 1. The number of benzene rings is 1. The lowest BCUT2D eigenvalue weighted by Gasteiger charge is -2.17. The minimum atomic E-state index is -0.629. The van der Waals surface area contributed by atoms with E-state index in [1.807, 2.05) is 57.2 Å². The summed E-state index contributed by atoms with van der Waals surface area (Å²) in [7, 11) is 0. The number of nitrogens with one attached hydrogen (secondary N) is 1. The molecule has 0 atom stereocenters. The SMILES string of the molecule is CCOCCOC(=O)/C(C#N)=C(\NCc1ccc2ncccc2c1)C(C)C. The van der Waals surface area contributed by atoms with Gasteiger partial charge in [0, 0.05) is 30.4 Å². The smallest absolute Gasteiger partial charge is 0.350 e. The number of rotatable bonds is 9. The molecule has 1 heterocycles. The number of hydrogen-bond acceptors (Lipinski definition) is 6. The lowest BCUT2D eigenvalue weighted by atomic mass is 10.0. The molecule has 142 valence electrons. The van der Waals surface area contributed by atoms with Crippen LogP contribution in [0.3, 0.4) is 0 Å². The third kappa shape index (κ3) is 5.80. The second-order valence-corrected chi connectivity index (χ2v) is 6.27. The molecular formula is C21H25N3O3. The Morgan fingerprint density at radius 3 is 2.81 bits per heavy atom. The molecule has 0 aliphatic carbocycles. The normalized spacial score (nSPS) is 11.8. The Bertz CT molecular complexity index is 853. The Balaban J connectivity index is 2.12. The fourth-order valence-electron chi connectivity index (χ4n) is 2.64. The van der Waals surface area contributed by atoms with E-state index in [9.17, 15) is 10.1 Å². The first-order valence-electron chi connectivity index (χ1n) is 9.03. The first-order chi connectivity index (χ1) is 13.1. The van der Waals surface area contributed by atoms with Crippen LogP contribution >= 0.6 is 0 Å². The Labute approximate surface area is 159 Å². The van der Waals surface area contributed by atoms with Crippen LogP contribution in [0.5, 0.6) is 0 Å². The van der Waals surface area contributed by atoms with Gasteiger partial charge in [-0.3, -0.25) is 4.98 Å². The Kier molecular flexibility index (Phi) is 7.78. The van der Waals surface area contributed by atoms with Gasteiger partial charge in [0.1, 0.15) is 12.7 Å². The molecule has 0 saturated carbocycles. The average Bonchev–Trinajstić information content (AvgIpc) is 2.67.